The minimum Gasteiger partial charge on any atom is -0.858 e. The zero-order valence-corrected chi connectivity index (χ0v) is 31.8. The second kappa shape index (κ2) is 16.0. The van der Waals surface area contributed by atoms with E-state index in [0.29, 0.717) is 44.9 Å². The Balaban J connectivity index is 1.07. The van der Waals surface area contributed by atoms with E-state index in [1.54, 1.807) is 18.9 Å². The lowest BCUT2D eigenvalue weighted by molar-refractivity contribution is -0.859. The maximum absolute atomic E-state index is 15.5. The molecule has 2 aromatic carbocycles. The van der Waals surface area contributed by atoms with Gasteiger partial charge in [-0.05, 0) is 43.5 Å². The number of likely N-dealkylation sites (N-methyl/N-ethyl adjacent to an activating group) is 1. The van der Waals surface area contributed by atoms with E-state index in [0.717, 1.165) is 10.6 Å². The number of allylic oxidation sites excluding steroid dienone is 1. The van der Waals surface area contributed by atoms with Crippen LogP contribution in [0.1, 0.15) is 35.6 Å². The van der Waals surface area contributed by atoms with Crippen LogP contribution >= 0.6 is 11.6 Å². The number of amides is 3. The highest BCUT2D eigenvalue weighted by Gasteiger charge is 2.57. The summed E-state index contributed by atoms with van der Waals surface area (Å²) in [6.07, 6.45) is 0.607. The Morgan fingerprint density at radius 1 is 1.19 bits per heavy atom. The summed E-state index contributed by atoms with van der Waals surface area (Å²) < 4.78 is 37.5. The number of piperidine rings is 1. The number of nitrogens with zero attached hydrogens (tertiary/aromatic N) is 5. The number of aliphatic imine (C=N–C) groups is 1. The Morgan fingerprint density at radius 3 is 2.52 bits per heavy atom. The Bertz CT molecular complexity index is 1970. The Hall–Kier alpha value is -4.61. The number of quaternary nitrogens is 1. The number of aliphatic hydroxyl groups is 1. The molecule has 0 spiro atoms. The molecule has 5 N–H and O–H groups in total. The lowest BCUT2D eigenvalue weighted by Crippen LogP contribution is -3.07. The van der Waals surface area contributed by atoms with E-state index in [1.807, 2.05) is 26.0 Å². The number of aromatic nitrogens is 2. The van der Waals surface area contributed by atoms with Crippen molar-refractivity contribution in [2.75, 3.05) is 65.9 Å². The first-order valence-electron chi connectivity index (χ1n) is 17.8. The van der Waals surface area contributed by atoms with Gasteiger partial charge >= 0.3 is 6.03 Å². The molecule has 6 rings (SSSR count). The fourth-order valence-corrected chi connectivity index (χ4v) is 7.46. The van der Waals surface area contributed by atoms with Crippen LogP contribution in [0.4, 0.5) is 19.3 Å². The number of rotatable bonds is 13. The first kappa shape index (κ1) is 39.1. The molecular formula is C37H46ClF2N9O5. The van der Waals surface area contributed by atoms with Gasteiger partial charge in [0, 0.05) is 73.7 Å². The molecule has 3 aromatic rings. The Morgan fingerprint density at radius 2 is 1.87 bits per heavy atom. The predicted molar refractivity (Wildman–Crippen MR) is 198 cm³/mol. The third kappa shape index (κ3) is 7.93. The van der Waals surface area contributed by atoms with Crippen molar-refractivity contribution >= 4 is 40.7 Å². The third-order valence-electron chi connectivity index (χ3n) is 10.4. The number of likely N-dealkylation sites (tertiary alicyclic amines) is 1. The number of hydrogen-bond donors (Lipinski definition) is 5. The van der Waals surface area contributed by atoms with Gasteiger partial charge in [-0.2, -0.15) is 0 Å². The number of methoxy groups -OCH3 is 1. The standard InChI is InChI=1S/C37H46ClF2N9O5/c1-19-25(14-42-49(19)11-12-54-6)22-9-10-24(32(40)31(22)39)30-15-41-34(47(30)5)36(52)43-21-7-8-23(28(38)13-21)35(51)45-33-26-16-48(17-27(26)33)37(53)44-29(20(2)50)18-46(3)4/h7-10,13,15,20,26-27,29,33,42,50H,11-12,14,16-18H2,1-6H3,(H,43,52)(H,44,53)(H,45,51)/t20?,26-,27?,29+,33?/m0/s1. The fourth-order valence-electron chi connectivity index (χ4n) is 7.20. The summed E-state index contributed by atoms with van der Waals surface area (Å²) in [5.41, 5.74) is 5.30. The Labute approximate surface area is 317 Å². The van der Waals surface area contributed by atoms with Crippen LogP contribution in [-0.4, -0.2) is 121 Å². The highest BCUT2D eigenvalue weighted by atomic mass is 35.5. The van der Waals surface area contributed by atoms with Crippen LogP contribution in [0.5, 0.6) is 0 Å². The minimum absolute atomic E-state index is 0.0537. The number of hydrogen-bond acceptors (Lipinski definition) is 9. The van der Waals surface area contributed by atoms with Crippen LogP contribution < -0.4 is 26.1 Å². The number of imidazole rings is 1. The third-order valence-corrected chi connectivity index (χ3v) is 10.7. The normalized spacial score (nSPS) is 20.8. The maximum Gasteiger partial charge on any atom is 0.317 e. The van der Waals surface area contributed by atoms with Gasteiger partial charge in [0.1, 0.15) is 6.04 Å². The van der Waals surface area contributed by atoms with Crippen molar-refractivity contribution < 1.29 is 38.2 Å². The molecule has 17 heteroatoms. The quantitative estimate of drug-likeness (QED) is 0.128. The van der Waals surface area contributed by atoms with E-state index >= 15 is 8.78 Å². The number of aliphatic hydroxyl groups excluding tert-OH is 1. The number of carbonyl (C=O) groups excluding carboxylic acids is 2. The number of nitrogens with one attached hydrogen (secondary N) is 4. The molecule has 290 valence electrons. The van der Waals surface area contributed by atoms with Gasteiger partial charge in [-0.25, -0.2) is 24.0 Å². The van der Waals surface area contributed by atoms with Crippen LogP contribution in [-0.2, 0) is 11.8 Å². The highest BCUT2D eigenvalue weighted by molar-refractivity contribution is 6.34. The van der Waals surface area contributed by atoms with Gasteiger partial charge in [0.05, 0.1) is 62.9 Å². The summed E-state index contributed by atoms with van der Waals surface area (Å²) in [7, 11) is 7.02. The topological polar surface area (TPSA) is 164 Å². The van der Waals surface area contributed by atoms with Crippen molar-refractivity contribution in [3.05, 3.63) is 75.8 Å². The van der Waals surface area contributed by atoms with Gasteiger partial charge < -0.3 is 45.0 Å². The van der Waals surface area contributed by atoms with Crippen molar-refractivity contribution in [1.29, 1.82) is 0 Å². The summed E-state index contributed by atoms with van der Waals surface area (Å²) in [4.78, 5) is 37.4. The minimum atomic E-state index is -1.06. The van der Waals surface area contributed by atoms with Gasteiger partial charge in [-0.3, -0.25) is 9.79 Å². The van der Waals surface area contributed by atoms with Crippen molar-refractivity contribution in [1.82, 2.24) is 30.2 Å². The Kier molecular flexibility index (Phi) is 11.6. The van der Waals surface area contributed by atoms with E-state index in [2.05, 4.69) is 26.0 Å². The smallest absolute Gasteiger partial charge is 0.317 e. The summed E-state index contributed by atoms with van der Waals surface area (Å²) in [6, 6.07) is 6.56. The SMILES string of the molecule is COCCN1NCC(c2ccc(-c3cnc(C(=O)Nc4ccc(C([O-])=NC5C6CN(C(=O)N[C@H](C[NH+](C)C)C(C)O)C[C@@H]65)c(Cl)c4)n3C)c(F)c2F)=C1C. The highest BCUT2D eigenvalue weighted by Crippen LogP contribution is 2.48. The molecule has 2 fully saturated rings. The number of fused-ring (bicyclic) bond motifs is 1. The van der Waals surface area contributed by atoms with Crippen LogP contribution in [0.3, 0.4) is 0 Å². The van der Waals surface area contributed by atoms with E-state index in [1.165, 1.54) is 48.1 Å². The molecule has 3 aliphatic rings. The van der Waals surface area contributed by atoms with Gasteiger partial charge in [0.25, 0.3) is 5.91 Å². The van der Waals surface area contributed by atoms with Gasteiger partial charge in [-0.15, -0.1) is 0 Å². The van der Waals surface area contributed by atoms with Crippen LogP contribution in [0.25, 0.3) is 16.8 Å². The lowest BCUT2D eigenvalue weighted by Gasteiger charge is -2.27. The number of ether oxygens (including phenoxy) is 1. The van der Waals surface area contributed by atoms with E-state index < -0.39 is 29.5 Å². The molecule has 3 amide bonds. The van der Waals surface area contributed by atoms with Crippen molar-refractivity contribution in [3.63, 3.8) is 0 Å². The molecule has 3 heterocycles. The zero-order valence-electron chi connectivity index (χ0n) is 31.0. The summed E-state index contributed by atoms with van der Waals surface area (Å²) >= 11 is 6.47. The number of urea groups is 1. The number of carbonyl (C=O) groups is 2. The number of hydrazine groups is 1. The average Bonchev–Trinajstić information content (AvgIpc) is 3.48. The predicted octanol–water partition coefficient (Wildman–Crippen LogP) is 1.11. The first-order chi connectivity index (χ1) is 25.7. The summed E-state index contributed by atoms with van der Waals surface area (Å²) in [5, 5.41) is 30.7. The molecule has 3 unspecified atom stereocenters. The molecule has 0 bridgehead atoms. The molecule has 0 radical (unpaired) electrons. The molecule has 5 atom stereocenters. The van der Waals surface area contributed by atoms with Gasteiger partial charge in [-0.1, -0.05) is 23.7 Å². The molecule has 1 saturated carbocycles. The largest absolute Gasteiger partial charge is 0.858 e. The number of benzene rings is 2. The second-order valence-electron chi connectivity index (χ2n) is 14.4. The summed E-state index contributed by atoms with van der Waals surface area (Å²) in [6.45, 7) is 6.34. The van der Waals surface area contributed by atoms with Crippen LogP contribution in [0.15, 0.2) is 47.2 Å². The molecule has 1 aliphatic carbocycles. The second-order valence-corrected chi connectivity index (χ2v) is 14.8. The zero-order chi connectivity index (χ0) is 39.0. The fraction of sp³-hybridized carbons (Fsp3) is 0.459. The van der Waals surface area contributed by atoms with Crippen LogP contribution in [0, 0.1) is 23.5 Å². The van der Waals surface area contributed by atoms with Gasteiger partial charge in [0.2, 0.25) is 0 Å². The average molecular weight is 770 g/mol. The monoisotopic (exact) mass is 769 g/mol. The van der Waals surface area contributed by atoms with E-state index in [4.69, 9.17) is 16.3 Å². The summed E-state index contributed by atoms with van der Waals surface area (Å²) in [5.74, 6) is -3.11. The van der Waals surface area contributed by atoms with Crippen molar-refractivity contribution in [2.45, 2.75) is 32.0 Å². The van der Waals surface area contributed by atoms with Crippen molar-refractivity contribution in [3.8, 4) is 11.3 Å². The number of halogens is 3. The molecule has 1 saturated heterocycles. The molecular weight excluding hydrogens is 724 g/mol. The number of anilines is 1. The molecule has 14 nitrogen and oxygen atoms in total. The van der Waals surface area contributed by atoms with Crippen molar-refractivity contribution in [2.24, 2.45) is 23.9 Å². The van der Waals surface area contributed by atoms with E-state index in [-0.39, 0.29) is 68.9 Å². The molecule has 2 aliphatic heterocycles. The van der Waals surface area contributed by atoms with Gasteiger partial charge in [0.15, 0.2) is 17.5 Å². The molecule has 54 heavy (non-hydrogen) atoms. The first-order valence-corrected chi connectivity index (χ1v) is 18.2. The molecule has 1 aromatic heterocycles. The van der Waals surface area contributed by atoms with Crippen LogP contribution in [0.2, 0.25) is 5.02 Å². The lowest BCUT2D eigenvalue weighted by atomic mass is 10.0. The van der Waals surface area contributed by atoms with E-state index in [9.17, 15) is 19.8 Å². The maximum atomic E-state index is 15.5.